The zero-order chi connectivity index (χ0) is 28.4. The van der Waals surface area contributed by atoms with Gasteiger partial charge in [0.2, 0.25) is 15.9 Å². The summed E-state index contributed by atoms with van der Waals surface area (Å²) in [6.07, 6.45) is 0.0924. The highest BCUT2D eigenvalue weighted by Crippen LogP contribution is 2.52. The third-order valence-corrected chi connectivity index (χ3v) is 9.64. The average Bonchev–Trinajstić information content (AvgIpc) is 2.83. The fourth-order valence-corrected chi connectivity index (χ4v) is 6.57. The summed E-state index contributed by atoms with van der Waals surface area (Å²) in [6, 6.07) is 9.86. The van der Waals surface area contributed by atoms with E-state index < -0.39 is 57.6 Å². The highest BCUT2D eigenvalue weighted by atomic mass is 35.5. The maximum atomic E-state index is 14.6. The summed E-state index contributed by atoms with van der Waals surface area (Å²) in [4.78, 5) is 27.7. The minimum absolute atomic E-state index is 0.0162. The molecule has 1 amide bonds. The van der Waals surface area contributed by atoms with Crippen LogP contribution in [0.1, 0.15) is 63.1 Å². The topological polar surface area (TPSA) is 95.0 Å². The van der Waals surface area contributed by atoms with Crippen molar-refractivity contribution in [3.05, 3.63) is 69.5 Å². The van der Waals surface area contributed by atoms with E-state index in [2.05, 4.69) is 0 Å². The Morgan fingerprint density at radius 1 is 1.16 bits per heavy atom. The first-order valence-corrected chi connectivity index (χ1v) is 14.8. The lowest BCUT2D eigenvalue weighted by molar-refractivity contribution is -0.160. The molecule has 1 aliphatic rings. The van der Waals surface area contributed by atoms with E-state index in [1.807, 2.05) is 6.92 Å². The van der Waals surface area contributed by atoms with Crippen LogP contribution in [0.3, 0.4) is 0 Å². The molecule has 1 aliphatic heterocycles. The Balaban J connectivity index is 2.26. The molecule has 0 radical (unpaired) electrons. The van der Waals surface area contributed by atoms with Crippen molar-refractivity contribution in [2.24, 2.45) is 5.41 Å². The number of carbonyl (C=O) groups is 2. The molecular weight excluding hydrogens is 554 g/mol. The lowest BCUT2D eigenvalue weighted by Crippen LogP contribution is -2.58. The molecule has 0 bridgehead atoms. The van der Waals surface area contributed by atoms with Crippen molar-refractivity contribution in [3.63, 3.8) is 0 Å². The van der Waals surface area contributed by atoms with Crippen LogP contribution in [-0.2, 0) is 19.6 Å². The van der Waals surface area contributed by atoms with Crippen molar-refractivity contribution in [1.29, 1.82) is 0 Å². The van der Waals surface area contributed by atoms with Gasteiger partial charge in [-0.15, -0.1) is 0 Å². The summed E-state index contributed by atoms with van der Waals surface area (Å²) in [7, 11) is -2.09. The SMILES string of the molecule is CC[C@H](CN(C)S(=O)(=O)CC)N1C(=O)[C@@](C)(CC(=O)O)C[C@H](c2cc(F)cc(Cl)c2)[C@H]1c1ccc(Cl)cc1. The van der Waals surface area contributed by atoms with Crippen LogP contribution in [0, 0.1) is 11.2 Å². The number of aliphatic carboxylic acids is 1. The molecule has 0 aromatic heterocycles. The molecule has 38 heavy (non-hydrogen) atoms. The molecule has 2 aromatic rings. The Kier molecular flexibility index (Phi) is 9.50. The van der Waals surface area contributed by atoms with Gasteiger partial charge >= 0.3 is 5.97 Å². The first kappa shape index (κ1) is 30.3. The average molecular weight is 588 g/mol. The number of amides is 1. The van der Waals surface area contributed by atoms with Gasteiger partial charge in [0.25, 0.3) is 0 Å². The molecule has 2 aromatic carbocycles. The van der Waals surface area contributed by atoms with E-state index in [0.717, 1.165) is 0 Å². The molecule has 11 heteroatoms. The molecule has 0 spiro atoms. The minimum Gasteiger partial charge on any atom is -0.481 e. The van der Waals surface area contributed by atoms with E-state index in [9.17, 15) is 27.5 Å². The first-order valence-electron chi connectivity index (χ1n) is 12.4. The number of hydrogen-bond acceptors (Lipinski definition) is 4. The summed E-state index contributed by atoms with van der Waals surface area (Å²) >= 11 is 12.4. The second kappa shape index (κ2) is 11.9. The van der Waals surface area contributed by atoms with Crippen LogP contribution in [0.4, 0.5) is 4.39 Å². The quantitative estimate of drug-likeness (QED) is 0.383. The minimum atomic E-state index is -3.56. The lowest BCUT2D eigenvalue weighted by atomic mass is 9.67. The number of likely N-dealkylation sites (N-methyl/N-ethyl adjacent to an activating group) is 1. The molecule has 1 fully saturated rings. The van der Waals surface area contributed by atoms with Crippen LogP contribution < -0.4 is 0 Å². The molecule has 1 saturated heterocycles. The number of sulfonamides is 1. The number of piperidine rings is 1. The summed E-state index contributed by atoms with van der Waals surface area (Å²) in [5.41, 5.74) is -0.0909. The maximum Gasteiger partial charge on any atom is 0.304 e. The lowest BCUT2D eigenvalue weighted by Gasteiger charge is -2.52. The molecule has 3 rings (SSSR count). The Labute approximate surface area is 233 Å². The number of carboxylic acid groups (broad SMARTS) is 1. The van der Waals surface area contributed by atoms with Crippen LogP contribution in [-0.4, -0.2) is 60.0 Å². The van der Waals surface area contributed by atoms with Gasteiger partial charge in [0, 0.05) is 35.6 Å². The first-order chi connectivity index (χ1) is 17.7. The Morgan fingerprint density at radius 3 is 2.32 bits per heavy atom. The van der Waals surface area contributed by atoms with Gasteiger partial charge in [0.05, 0.1) is 23.6 Å². The van der Waals surface area contributed by atoms with Gasteiger partial charge in [0.1, 0.15) is 5.82 Å². The van der Waals surface area contributed by atoms with Crippen LogP contribution in [0.15, 0.2) is 42.5 Å². The van der Waals surface area contributed by atoms with E-state index in [1.54, 1.807) is 49.1 Å². The number of rotatable bonds is 10. The standard InChI is InChI=1S/C27H33Cl2FN2O5S/c1-5-22(16-31(4)38(36,37)6-2)32-25(17-7-9-19(28)10-8-17)23(18-11-20(29)13-21(30)12-18)14-27(3,26(32)35)15-24(33)34/h7-13,22-23,25H,5-6,14-16H2,1-4H3,(H,33,34)/t22-,23-,25-,27-/m1/s1. The van der Waals surface area contributed by atoms with Crippen molar-refractivity contribution in [2.45, 2.75) is 58.0 Å². The molecule has 0 aliphatic carbocycles. The third-order valence-electron chi connectivity index (χ3n) is 7.34. The Hall–Kier alpha value is -2.20. The fourth-order valence-electron chi connectivity index (χ4n) is 5.38. The van der Waals surface area contributed by atoms with E-state index in [-0.39, 0.29) is 23.7 Å². The van der Waals surface area contributed by atoms with Gasteiger partial charge < -0.3 is 10.0 Å². The van der Waals surface area contributed by atoms with Gasteiger partial charge in [-0.1, -0.05) is 49.2 Å². The monoisotopic (exact) mass is 586 g/mol. The summed E-state index contributed by atoms with van der Waals surface area (Å²) in [6.45, 7) is 5.01. The van der Waals surface area contributed by atoms with Crippen LogP contribution in [0.25, 0.3) is 0 Å². The number of halogens is 3. The number of likely N-dealkylation sites (tertiary alicyclic amines) is 1. The summed E-state index contributed by atoms with van der Waals surface area (Å²) in [5, 5.41) is 10.4. The number of carbonyl (C=O) groups excluding carboxylic acids is 1. The van der Waals surface area contributed by atoms with Gasteiger partial charge in [-0.3, -0.25) is 9.59 Å². The normalized spacial score (nSPS) is 23.1. The molecule has 1 N–H and O–H groups in total. The molecule has 0 saturated carbocycles. The second-order valence-electron chi connectivity index (χ2n) is 10.1. The van der Waals surface area contributed by atoms with E-state index >= 15 is 0 Å². The molecule has 0 unspecified atom stereocenters. The molecule has 1 heterocycles. The Bertz CT molecular complexity index is 1270. The smallest absolute Gasteiger partial charge is 0.304 e. The summed E-state index contributed by atoms with van der Waals surface area (Å²) in [5.74, 6) is -2.72. The predicted molar refractivity (Wildman–Crippen MR) is 146 cm³/mol. The van der Waals surface area contributed by atoms with Crippen molar-refractivity contribution < 1.29 is 27.5 Å². The van der Waals surface area contributed by atoms with Crippen LogP contribution in [0.2, 0.25) is 10.0 Å². The highest BCUT2D eigenvalue weighted by Gasteiger charge is 2.52. The second-order valence-corrected chi connectivity index (χ2v) is 13.3. The van der Waals surface area contributed by atoms with Crippen molar-refractivity contribution in [2.75, 3.05) is 19.3 Å². The molecule has 208 valence electrons. The van der Waals surface area contributed by atoms with E-state index in [4.69, 9.17) is 23.2 Å². The molecule has 7 nitrogen and oxygen atoms in total. The Morgan fingerprint density at radius 2 is 1.79 bits per heavy atom. The van der Waals surface area contributed by atoms with Gasteiger partial charge in [-0.2, -0.15) is 0 Å². The molecule has 4 atom stereocenters. The number of carboxylic acids is 1. The number of hydrogen-bond donors (Lipinski definition) is 1. The maximum absolute atomic E-state index is 14.6. The zero-order valence-corrected chi connectivity index (χ0v) is 24.2. The van der Waals surface area contributed by atoms with Crippen LogP contribution >= 0.6 is 23.2 Å². The molecular formula is C27H33Cl2FN2O5S. The fraction of sp³-hybridized carbons (Fsp3) is 0.481. The van der Waals surface area contributed by atoms with Crippen molar-refractivity contribution in [1.82, 2.24) is 9.21 Å². The van der Waals surface area contributed by atoms with E-state index in [1.165, 1.54) is 23.5 Å². The highest BCUT2D eigenvalue weighted by molar-refractivity contribution is 7.89. The number of benzene rings is 2. The number of nitrogens with zero attached hydrogens (tertiary/aromatic N) is 2. The van der Waals surface area contributed by atoms with Gasteiger partial charge in [-0.25, -0.2) is 17.1 Å². The predicted octanol–water partition coefficient (Wildman–Crippen LogP) is 5.73. The largest absolute Gasteiger partial charge is 0.481 e. The third kappa shape index (κ3) is 6.50. The zero-order valence-electron chi connectivity index (χ0n) is 21.8. The van der Waals surface area contributed by atoms with E-state index in [0.29, 0.717) is 22.6 Å². The van der Waals surface area contributed by atoms with Crippen molar-refractivity contribution >= 4 is 45.1 Å². The van der Waals surface area contributed by atoms with Gasteiger partial charge in [0.15, 0.2) is 0 Å². The van der Waals surface area contributed by atoms with Gasteiger partial charge in [-0.05, 0) is 61.2 Å². The summed E-state index contributed by atoms with van der Waals surface area (Å²) < 4.78 is 41.0. The van der Waals surface area contributed by atoms with Crippen LogP contribution in [0.5, 0.6) is 0 Å². The van der Waals surface area contributed by atoms with Crippen molar-refractivity contribution in [3.8, 4) is 0 Å².